The van der Waals surface area contributed by atoms with Gasteiger partial charge < -0.3 is 29.4 Å². The third-order valence-electron chi connectivity index (χ3n) is 4.81. The number of benzene rings is 1. The Labute approximate surface area is 170 Å². The molecule has 1 saturated heterocycles. The van der Waals surface area contributed by atoms with Crippen LogP contribution in [-0.4, -0.2) is 61.6 Å². The van der Waals surface area contributed by atoms with E-state index in [-0.39, 0.29) is 11.7 Å². The van der Waals surface area contributed by atoms with Gasteiger partial charge in [0.1, 0.15) is 5.75 Å². The molecule has 0 amide bonds. The first-order chi connectivity index (χ1) is 13.6. The van der Waals surface area contributed by atoms with Gasteiger partial charge in [-0.2, -0.15) is 0 Å². The highest BCUT2D eigenvalue weighted by molar-refractivity contribution is 7.80. The van der Waals surface area contributed by atoms with E-state index in [1.165, 1.54) is 0 Å². The second-order valence-corrected chi connectivity index (χ2v) is 7.20. The molecule has 2 heterocycles. The summed E-state index contributed by atoms with van der Waals surface area (Å²) in [6.07, 6.45) is 2.19. The second-order valence-electron chi connectivity index (χ2n) is 6.82. The van der Waals surface area contributed by atoms with Crippen LogP contribution in [0, 0.1) is 0 Å². The molecular weight excluding hydrogens is 378 g/mol. The van der Waals surface area contributed by atoms with Crippen molar-refractivity contribution in [1.29, 1.82) is 0 Å². The fourth-order valence-corrected chi connectivity index (χ4v) is 3.54. The Hall–Kier alpha value is -2.16. The first kappa shape index (κ1) is 20.6. The Kier molecular flexibility index (Phi) is 7.24. The molecule has 1 aliphatic heterocycles. The molecule has 0 saturated carbocycles. The van der Waals surface area contributed by atoms with E-state index in [1.807, 2.05) is 29.2 Å². The van der Waals surface area contributed by atoms with E-state index >= 15 is 0 Å². The molecule has 1 atom stereocenters. The Bertz CT molecular complexity index is 864. The standard InChI is InChI=1S/C20H27N3O4S/c1-25-9-7-21-20(28)23(13-17-4-3-8-27-17)12-15-10-14-5-6-16(26-2)11-18(14)22-19(15)24/h5-6,10-11,17H,3-4,7-9,12-13H2,1-2H3,(H,21,28)(H,22,24)/t17-/m0/s1. The predicted octanol–water partition coefficient (Wildman–Crippen LogP) is 2.04. The zero-order valence-corrected chi connectivity index (χ0v) is 17.1. The lowest BCUT2D eigenvalue weighted by molar-refractivity contribution is 0.0895. The van der Waals surface area contributed by atoms with Crippen LogP contribution in [-0.2, 0) is 16.0 Å². The van der Waals surface area contributed by atoms with E-state index in [2.05, 4.69) is 10.3 Å². The number of aromatic nitrogens is 1. The molecule has 28 heavy (non-hydrogen) atoms. The number of H-pyrrole nitrogens is 1. The minimum absolute atomic E-state index is 0.127. The van der Waals surface area contributed by atoms with Gasteiger partial charge in [0.2, 0.25) is 0 Å². The van der Waals surface area contributed by atoms with Crippen molar-refractivity contribution < 1.29 is 14.2 Å². The molecular formula is C20H27N3O4S. The van der Waals surface area contributed by atoms with Crippen molar-refractivity contribution >= 4 is 28.2 Å². The highest BCUT2D eigenvalue weighted by Gasteiger charge is 2.22. The van der Waals surface area contributed by atoms with Crippen LogP contribution in [0.15, 0.2) is 29.1 Å². The molecule has 7 nitrogen and oxygen atoms in total. The fraction of sp³-hybridized carbons (Fsp3) is 0.500. The van der Waals surface area contributed by atoms with Crippen molar-refractivity contribution in [2.45, 2.75) is 25.5 Å². The van der Waals surface area contributed by atoms with Crippen molar-refractivity contribution in [1.82, 2.24) is 15.2 Å². The Morgan fingerprint density at radius 2 is 2.25 bits per heavy atom. The maximum atomic E-state index is 12.7. The Morgan fingerprint density at radius 1 is 1.39 bits per heavy atom. The van der Waals surface area contributed by atoms with Gasteiger partial charge in [0, 0.05) is 38.4 Å². The maximum Gasteiger partial charge on any atom is 0.253 e. The summed E-state index contributed by atoms with van der Waals surface area (Å²) in [5, 5.41) is 4.75. The highest BCUT2D eigenvalue weighted by atomic mass is 32.1. The summed E-state index contributed by atoms with van der Waals surface area (Å²) in [5.41, 5.74) is 1.28. The van der Waals surface area contributed by atoms with Crippen molar-refractivity contribution in [3.63, 3.8) is 0 Å². The van der Waals surface area contributed by atoms with Gasteiger partial charge in [0.25, 0.3) is 5.56 Å². The number of ether oxygens (including phenoxy) is 3. The lowest BCUT2D eigenvalue weighted by Gasteiger charge is -2.28. The molecule has 0 aliphatic carbocycles. The normalized spacial score (nSPS) is 16.3. The van der Waals surface area contributed by atoms with Crippen molar-refractivity contribution in [3.05, 3.63) is 40.2 Å². The number of nitrogens with one attached hydrogen (secondary N) is 2. The third-order valence-corrected chi connectivity index (χ3v) is 5.21. The highest BCUT2D eigenvalue weighted by Crippen LogP contribution is 2.20. The van der Waals surface area contributed by atoms with Crippen LogP contribution in [0.25, 0.3) is 10.9 Å². The number of hydrogen-bond donors (Lipinski definition) is 2. The molecule has 2 N–H and O–H groups in total. The van der Waals surface area contributed by atoms with Crippen LogP contribution in [0.1, 0.15) is 18.4 Å². The zero-order chi connectivity index (χ0) is 19.9. The summed E-state index contributed by atoms with van der Waals surface area (Å²) in [7, 11) is 3.26. The predicted molar refractivity (Wildman–Crippen MR) is 113 cm³/mol. The van der Waals surface area contributed by atoms with E-state index in [0.717, 1.165) is 30.4 Å². The Morgan fingerprint density at radius 3 is 2.96 bits per heavy atom. The average Bonchev–Trinajstić information content (AvgIpc) is 3.20. The minimum Gasteiger partial charge on any atom is -0.497 e. The molecule has 1 aliphatic rings. The van der Waals surface area contributed by atoms with Crippen LogP contribution in [0.2, 0.25) is 0 Å². The summed E-state index contributed by atoms with van der Waals surface area (Å²) >= 11 is 5.57. The van der Waals surface area contributed by atoms with Gasteiger partial charge in [0.05, 0.1) is 31.9 Å². The minimum atomic E-state index is -0.127. The van der Waals surface area contributed by atoms with Crippen LogP contribution in [0.3, 0.4) is 0 Å². The molecule has 0 unspecified atom stereocenters. The van der Waals surface area contributed by atoms with E-state index in [4.69, 9.17) is 26.4 Å². The third kappa shape index (κ3) is 5.21. The van der Waals surface area contributed by atoms with Crippen LogP contribution < -0.4 is 15.6 Å². The number of fused-ring (bicyclic) bond motifs is 1. The number of nitrogens with zero attached hydrogens (tertiary/aromatic N) is 1. The van der Waals surface area contributed by atoms with E-state index in [1.54, 1.807) is 14.2 Å². The molecule has 1 aromatic carbocycles. The number of hydrogen-bond acceptors (Lipinski definition) is 5. The second kappa shape index (κ2) is 9.86. The summed E-state index contributed by atoms with van der Waals surface area (Å²) in [5.74, 6) is 0.708. The van der Waals surface area contributed by atoms with Crippen LogP contribution in [0.5, 0.6) is 5.75 Å². The largest absolute Gasteiger partial charge is 0.497 e. The van der Waals surface area contributed by atoms with Crippen molar-refractivity contribution in [3.8, 4) is 5.75 Å². The van der Waals surface area contributed by atoms with Crippen LogP contribution in [0.4, 0.5) is 0 Å². The maximum absolute atomic E-state index is 12.7. The summed E-state index contributed by atoms with van der Waals surface area (Å²) in [4.78, 5) is 17.6. The number of rotatable bonds is 8. The van der Waals surface area contributed by atoms with E-state index in [9.17, 15) is 4.79 Å². The smallest absolute Gasteiger partial charge is 0.253 e. The molecule has 1 aromatic heterocycles. The van der Waals surface area contributed by atoms with Gasteiger partial charge in [-0.25, -0.2) is 0 Å². The van der Waals surface area contributed by atoms with E-state index in [0.29, 0.717) is 42.7 Å². The van der Waals surface area contributed by atoms with Gasteiger partial charge in [0.15, 0.2) is 5.11 Å². The molecule has 152 valence electrons. The molecule has 0 radical (unpaired) electrons. The number of aromatic amines is 1. The van der Waals surface area contributed by atoms with Gasteiger partial charge in [-0.1, -0.05) is 0 Å². The van der Waals surface area contributed by atoms with Gasteiger partial charge in [-0.3, -0.25) is 4.79 Å². The van der Waals surface area contributed by atoms with Crippen molar-refractivity contribution in [2.24, 2.45) is 0 Å². The number of methoxy groups -OCH3 is 2. The molecule has 8 heteroatoms. The van der Waals surface area contributed by atoms with Crippen LogP contribution >= 0.6 is 12.2 Å². The monoisotopic (exact) mass is 405 g/mol. The SMILES string of the molecule is COCCNC(=S)N(Cc1cc2ccc(OC)cc2[nH]c1=O)C[C@@H]1CCCO1. The number of thiocarbonyl (C=S) groups is 1. The zero-order valence-electron chi connectivity index (χ0n) is 16.3. The Balaban J connectivity index is 1.80. The van der Waals surface area contributed by atoms with Gasteiger partial charge >= 0.3 is 0 Å². The first-order valence-corrected chi connectivity index (χ1v) is 9.85. The molecule has 0 bridgehead atoms. The quantitative estimate of drug-likeness (QED) is 0.514. The van der Waals surface area contributed by atoms with Crippen molar-refractivity contribution in [2.75, 3.05) is 40.5 Å². The molecule has 0 spiro atoms. The summed E-state index contributed by atoms with van der Waals surface area (Å²) < 4.78 is 16.1. The average molecular weight is 406 g/mol. The molecule has 1 fully saturated rings. The summed E-state index contributed by atoms with van der Waals surface area (Å²) in [6.45, 7) is 3.02. The fourth-order valence-electron chi connectivity index (χ4n) is 3.30. The summed E-state index contributed by atoms with van der Waals surface area (Å²) in [6, 6.07) is 7.55. The molecule has 2 aromatic rings. The first-order valence-electron chi connectivity index (χ1n) is 9.44. The van der Waals surface area contributed by atoms with Gasteiger partial charge in [-0.05, 0) is 48.6 Å². The lowest BCUT2D eigenvalue weighted by atomic mass is 10.1. The lowest BCUT2D eigenvalue weighted by Crippen LogP contribution is -2.44. The number of pyridine rings is 1. The van der Waals surface area contributed by atoms with Gasteiger partial charge in [-0.15, -0.1) is 0 Å². The van der Waals surface area contributed by atoms with E-state index < -0.39 is 0 Å². The topological polar surface area (TPSA) is 75.8 Å². The molecule has 3 rings (SSSR count).